The van der Waals surface area contributed by atoms with Crippen molar-refractivity contribution in [2.75, 3.05) is 0 Å². The van der Waals surface area contributed by atoms with Crippen molar-refractivity contribution in [2.24, 2.45) is 0 Å². The molecule has 0 radical (unpaired) electrons. The summed E-state index contributed by atoms with van der Waals surface area (Å²) in [5.74, 6) is -0.383. The first-order valence-corrected chi connectivity index (χ1v) is 4.63. The zero-order valence-electron chi connectivity index (χ0n) is 8.27. The molecule has 3 heteroatoms. The molecule has 0 atom stereocenters. The highest BCUT2D eigenvalue weighted by molar-refractivity contribution is 5.56. The third-order valence-electron chi connectivity index (χ3n) is 2.21. The van der Waals surface area contributed by atoms with E-state index >= 15 is 0 Å². The third kappa shape index (κ3) is 1.81. The zero-order chi connectivity index (χ0) is 10.8. The number of aryl methyl sites for hydroxylation is 1. The van der Waals surface area contributed by atoms with Gasteiger partial charge in [0.25, 0.3) is 0 Å². The molecule has 1 aromatic heterocycles. The molecule has 0 saturated heterocycles. The van der Waals surface area contributed by atoms with E-state index in [9.17, 15) is 9.60 Å². The molecule has 0 aliphatic rings. The minimum atomic E-state index is -0.383. The molecule has 0 spiro atoms. The second-order valence-corrected chi connectivity index (χ2v) is 3.40. The summed E-state index contributed by atoms with van der Waals surface area (Å²) in [7, 11) is 0. The van der Waals surface area contributed by atoms with Crippen molar-refractivity contribution in [1.82, 2.24) is 0 Å². The quantitative estimate of drug-likeness (QED) is 0.516. The Balaban J connectivity index is 2.60. The van der Waals surface area contributed by atoms with Gasteiger partial charge in [-0.1, -0.05) is 12.1 Å². The fraction of sp³-hybridized carbons (Fsp3) is 0.0833. The number of rotatable bonds is 1. The standard InChI is InChI=1S/C12H10FNO/c1-9-6-7-12(14(15)8-9)10-4-2-3-5-11(10)13/h2-8H,1H3. The predicted octanol–water partition coefficient (Wildman–Crippen LogP) is 2.43. The molecule has 0 unspecified atom stereocenters. The predicted molar refractivity (Wildman–Crippen MR) is 55.5 cm³/mol. The summed E-state index contributed by atoms with van der Waals surface area (Å²) in [6.45, 7) is 1.82. The minimum Gasteiger partial charge on any atom is -0.618 e. The SMILES string of the molecule is Cc1ccc(-c2ccccc2F)[n+]([O-])c1. The van der Waals surface area contributed by atoms with Crippen LogP contribution in [0.3, 0.4) is 0 Å². The molecule has 0 saturated carbocycles. The topological polar surface area (TPSA) is 26.9 Å². The summed E-state index contributed by atoms with van der Waals surface area (Å²) in [6.07, 6.45) is 1.43. The molecule has 0 aliphatic heterocycles. The van der Waals surface area contributed by atoms with Gasteiger partial charge in [0.05, 0.1) is 5.56 Å². The average molecular weight is 203 g/mol. The van der Waals surface area contributed by atoms with Crippen molar-refractivity contribution >= 4 is 0 Å². The number of benzene rings is 1. The number of pyridine rings is 1. The third-order valence-corrected chi connectivity index (χ3v) is 2.21. The van der Waals surface area contributed by atoms with Crippen molar-refractivity contribution in [2.45, 2.75) is 6.92 Å². The lowest BCUT2D eigenvalue weighted by Crippen LogP contribution is -2.29. The Hall–Kier alpha value is -1.90. The van der Waals surface area contributed by atoms with Crippen LogP contribution in [0.2, 0.25) is 0 Å². The first kappa shape index (κ1) is 9.65. The number of hydrogen-bond donors (Lipinski definition) is 0. The molecule has 2 nitrogen and oxygen atoms in total. The first-order valence-electron chi connectivity index (χ1n) is 4.63. The molecule has 76 valence electrons. The zero-order valence-corrected chi connectivity index (χ0v) is 8.27. The second kappa shape index (κ2) is 3.69. The molecule has 2 rings (SSSR count). The van der Waals surface area contributed by atoms with Crippen LogP contribution in [0.15, 0.2) is 42.6 Å². The van der Waals surface area contributed by atoms with Gasteiger partial charge in [-0.05, 0) is 25.1 Å². The molecule has 15 heavy (non-hydrogen) atoms. The minimum absolute atomic E-state index is 0.326. The van der Waals surface area contributed by atoms with Gasteiger partial charge in [0.2, 0.25) is 5.69 Å². The smallest absolute Gasteiger partial charge is 0.226 e. The van der Waals surface area contributed by atoms with Crippen molar-refractivity contribution in [3.8, 4) is 11.3 Å². The van der Waals surface area contributed by atoms with Crippen LogP contribution in [-0.4, -0.2) is 0 Å². The summed E-state index contributed by atoms with van der Waals surface area (Å²) in [5.41, 5.74) is 1.51. The van der Waals surface area contributed by atoms with Gasteiger partial charge in [-0.25, -0.2) is 4.39 Å². The summed E-state index contributed by atoms with van der Waals surface area (Å²) >= 11 is 0. The van der Waals surface area contributed by atoms with E-state index in [4.69, 9.17) is 0 Å². The van der Waals surface area contributed by atoms with Gasteiger partial charge >= 0.3 is 0 Å². The summed E-state index contributed by atoms with van der Waals surface area (Å²) < 4.78 is 14.1. The van der Waals surface area contributed by atoms with Crippen molar-refractivity contribution in [3.05, 3.63) is 59.2 Å². The fourth-order valence-electron chi connectivity index (χ4n) is 1.46. The Labute approximate surface area is 87.2 Å². The Bertz CT molecular complexity index is 497. The maximum atomic E-state index is 13.4. The van der Waals surface area contributed by atoms with Gasteiger partial charge in [-0.3, -0.25) is 0 Å². The molecule has 0 amide bonds. The number of halogens is 1. The van der Waals surface area contributed by atoms with Gasteiger partial charge in [-0.2, -0.15) is 4.73 Å². The van der Waals surface area contributed by atoms with Crippen molar-refractivity contribution in [3.63, 3.8) is 0 Å². The van der Waals surface area contributed by atoms with Gasteiger partial charge in [0, 0.05) is 11.6 Å². The van der Waals surface area contributed by atoms with E-state index in [0.29, 0.717) is 16.0 Å². The highest BCUT2D eigenvalue weighted by Crippen LogP contribution is 2.18. The summed E-state index contributed by atoms with van der Waals surface area (Å²) in [5, 5.41) is 11.5. The maximum Gasteiger partial charge on any atom is 0.226 e. The Morgan fingerprint density at radius 3 is 2.53 bits per heavy atom. The van der Waals surface area contributed by atoms with Crippen LogP contribution in [0.5, 0.6) is 0 Å². The Kier molecular flexibility index (Phi) is 2.37. The molecule has 0 fully saturated rings. The van der Waals surface area contributed by atoms with E-state index in [0.717, 1.165) is 5.56 Å². The van der Waals surface area contributed by atoms with Crippen LogP contribution >= 0.6 is 0 Å². The van der Waals surface area contributed by atoms with Crippen LogP contribution in [0.4, 0.5) is 4.39 Å². The van der Waals surface area contributed by atoms with E-state index < -0.39 is 0 Å². The number of nitrogens with zero attached hydrogens (tertiary/aromatic N) is 1. The van der Waals surface area contributed by atoms with E-state index in [1.807, 2.05) is 6.92 Å². The van der Waals surface area contributed by atoms with Crippen LogP contribution in [0.1, 0.15) is 5.56 Å². The molecule has 0 aliphatic carbocycles. The lowest BCUT2D eigenvalue weighted by atomic mass is 10.1. The molecule has 1 aromatic carbocycles. The summed E-state index contributed by atoms with van der Waals surface area (Å²) in [4.78, 5) is 0. The largest absolute Gasteiger partial charge is 0.618 e. The lowest BCUT2D eigenvalue weighted by molar-refractivity contribution is -0.594. The van der Waals surface area contributed by atoms with E-state index in [1.165, 1.54) is 12.3 Å². The van der Waals surface area contributed by atoms with Crippen LogP contribution < -0.4 is 4.73 Å². The molecular weight excluding hydrogens is 193 g/mol. The second-order valence-electron chi connectivity index (χ2n) is 3.40. The molecule has 0 N–H and O–H groups in total. The van der Waals surface area contributed by atoms with Crippen molar-refractivity contribution < 1.29 is 9.12 Å². The van der Waals surface area contributed by atoms with Gasteiger partial charge in [0.1, 0.15) is 5.82 Å². The Morgan fingerprint density at radius 1 is 1.13 bits per heavy atom. The maximum absolute atomic E-state index is 13.4. The van der Waals surface area contributed by atoms with Crippen LogP contribution in [-0.2, 0) is 0 Å². The van der Waals surface area contributed by atoms with E-state index in [2.05, 4.69) is 0 Å². The van der Waals surface area contributed by atoms with Gasteiger partial charge < -0.3 is 5.21 Å². The Morgan fingerprint density at radius 2 is 1.87 bits per heavy atom. The number of hydrogen-bond acceptors (Lipinski definition) is 1. The first-order chi connectivity index (χ1) is 7.18. The van der Waals surface area contributed by atoms with Crippen LogP contribution in [0.25, 0.3) is 11.3 Å². The molecule has 0 bridgehead atoms. The van der Waals surface area contributed by atoms with E-state index in [1.54, 1.807) is 30.3 Å². The average Bonchev–Trinajstić information content (AvgIpc) is 2.20. The monoisotopic (exact) mass is 203 g/mol. The summed E-state index contributed by atoms with van der Waals surface area (Å²) in [6, 6.07) is 9.65. The van der Waals surface area contributed by atoms with Gasteiger partial charge in [0.15, 0.2) is 6.20 Å². The van der Waals surface area contributed by atoms with E-state index in [-0.39, 0.29) is 5.82 Å². The molecule has 2 aromatic rings. The van der Waals surface area contributed by atoms with Crippen molar-refractivity contribution in [1.29, 1.82) is 0 Å². The van der Waals surface area contributed by atoms with Crippen LogP contribution in [0, 0.1) is 17.9 Å². The number of aromatic nitrogens is 1. The highest BCUT2D eigenvalue weighted by atomic mass is 19.1. The van der Waals surface area contributed by atoms with Gasteiger partial charge in [-0.15, -0.1) is 0 Å². The highest BCUT2D eigenvalue weighted by Gasteiger charge is 2.12. The fourth-order valence-corrected chi connectivity index (χ4v) is 1.46. The molecular formula is C12H10FNO. The normalized spacial score (nSPS) is 10.3. The lowest BCUT2D eigenvalue weighted by Gasteiger charge is -2.05. The molecule has 1 heterocycles.